The third-order valence-electron chi connectivity index (χ3n) is 4.59. The molecule has 4 rings (SSSR count). The minimum Gasteiger partial charge on any atom is -0.361 e. The first-order valence-electron chi connectivity index (χ1n) is 9.20. The fourth-order valence-corrected chi connectivity index (χ4v) is 3.05. The van der Waals surface area contributed by atoms with Crippen molar-refractivity contribution in [3.63, 3.8) is 0 Å². The number of nitrogens with one attached hydrogen (secondary N) is 2. The van der Waals surface area contributed by atoms with E-state index < -0.39 is 0 Å². The van der Waals surface area contributed by atoms with Gasteiger partial charge in [-0.1, -0.05) is 71.0 Å². The normalized spacial score (nSPS) is 10.7. The van der Waals surface area contributed by atoms with Gasteiger partial charge in [-0.2, -0.15) is 0 Å². The molecule has 2 aromatic carbocycles. The van der Waals surface area contributed by atoms with Crippen LogP contribution in [0, 0.1) is 13.8 Å². The van der Waals surface area contributed by atoms with Crippen molar-refractivity contribution in [1.82, 2.24) is 15.6 Å². The van der Waals surface area contributed by atoms with E-state index in [2.05, 4.69) is 20.9 Å². The lowest BCUT2D eigenvalue weighted by Gasteiger charge is -2.08. The number of urea groups is 1. The molecular weight excluding hydrogens is 368 g/mol. The molecular formula is C22H20N4O3. The minimum absolute atomic E-state index is 0.274. The quantitative estimate of drug-likeness (QED) is 0.505. The van der Waals surface area contributed by atoms with Crippen LogP contribution in [-0.2, 0) is 6.54 Å². The van der Waals surface area contributed by atoms with Gasteiger partial charge in [0.1, 0.15) is 22.8 Å². The first kappa shape index (κ1) is 18.5. The van der Waals surface area contributed by atoms with Gasteiger partial charge < -0.3 is 19.7 Å². The van der Waals surface area contributed by atoms with Gasteiger partial charge in [0.2, 0.25) is 0 Å². The Labute approximate surface area is 167 Å². The average Bonchev–Trinajstić information content (AvgIpc) is 3.30. The summed E-state index contributed by atoms with van der Waals surface area (Å²) in [4.78, 5) is 12.6. The summed E-state index contributed by atoms with van der Waals surface area (Å²) in [5.74, 6) is 1.18. The number of benzene rings is 2. The van der Waals surface area contributed by atoms with Crippen LogP contribution < -0.4 is 10.6 Å². The average molecular weight is 388 g/mol. The van der Waals surface area contributed by atoms with Crippen LogP contribution >= 0.6 is 0 Å². The van der Waals surface area contributed by atoms with E-state index in [9.17, 15) is 4.79 Å². The summed E-state index contributed by atoms with van der Waals surface area (Å²) in [5, 5.41) is 13.8. The number of hydrogen-bond donors (Lipinski definition) is 2. The minimum atomic E-state index is -0.368. The maximum absolute atomic E-state index is 12.6. The first-order chi connectivity index (χ1) is 14.1. The van der Waals surface area contributed by atoms with Crippen LogP contribution in [-0.4, -0.2) is 16.3 Å². The molecule has 7 heteroatoms. The molecule has 0 aliphatic heterocycles. The van der Waals surface area contributed by atoms with Crippen LogP contribution in [0.25, 0.3) is 22.6 Å². The van der Waals surface area contributed by atoms with Crippen LogP contribution in [0.15, 0.2) is 69.7 Å². The Morgan fingerprint density at radius 3 is 2.24 bits per heavy atom. The fourth-order valence-electron chi connectivity index (χ4n) is 3.05. The molecule has 2 aromatic heterocycles. The number of hydrogen-bond acceptors (Lipinski definition) is 5. The molecule has 0 spiro atoms. The summed E-state index contributed by atoms with van der Waals surface area (Å²) >= 11 is 0. The van der Waals surface area contributed by atoms with Crippen molar-refractivity contribution in [1.29, 1.82) is 0 Å². The molecule has 0 aliphatic carbocycles. The lowest BCUT2D eigenvalue weighted by Crippen LogP contribution is -2.28. The van der Waals surface area contributed by atoms with Crippen molar-refractivity contribution in [2.75, 3.05) is 5.32 Å². The summed E-state index contributed by atoms with van der Waals surface area (Å²) in [6.45, 7) is 3.88. The standard InChI is InChI=1S/C22H20N4O3/c1-14-19(21(29-25-14)17-11-7-4-8-12-17)24-22(27)23-13-18-15(2)28-26-20(18)16-9-5-3-6-10-16/h3-12H,13H2,1-2H3,(H2,23,24,27). The van der Waals surface area contributed by atoms with Gasteiger partial charge in [-0.05, 0) is 13.8 Å². The zero-order valence-corrected chi connectivity index (χ0v) is 16.1. The summed E-state index contributed by atoms with van der Waals surface area (Å²) < 4.78 is 10.7. The molecule has 0 unspecified atom stereocenters. The maximum atomic E-state index is 12.6. The number of carbonyl (C=O) groups is 1. The lowest BCUT2D eigenvalue weighted by molar-refractivity contribution is 0.251. The highest BCUT2D eigenvalue weighted by molar-refractivity contribution is 5.94. The molecule has 0 saturated heterocycles. The molecule has 0 radical (unpaired) electrons. The number of rotatable bonds is 5. The topological polar surface area (TPSA) is 93.2 Å². The number of carbonyl (C=O) groups excluding carboxylic acids is 1. The molecule has 7 nitrogen and oxygen atoms in total. The Kier molecular flexibility index (Phi) is 5.11. The third kappa shape index (κ3) is 3.89. The van der Waals surface area contributed by atoms with Crippen LogP contribution in [0.5, 0.6) is 0 Å². The summed E-state index contributed by atoms with van der Waals surface area (Å²) in [6, 6.07) is 18.9. The number of anilines is 1. The molecule has 29 heavy (non-hydrogen) atoms. The second-order valence-electron chi connectivity index (χ2n) is 6.58. The van der Waals surface area contributed by atoms with Crippen molar-refractivity contribution in [2.24, 2.45) is 0 Å². The van der Waals surface area contributed by atoms with E-state index >= 15 is 0 Å². The van der Waals surface area contributed by atoms with Crippen molar-refractivity contribution in [3.8, 4) is 22.6 Å². The second-order valence-corrected chi connectivity index (χ2v) is 6.58. The van der Waals surface area contributed by atoms with Crippen molar-refractivity contribution >= 4 is 11.7 Å². The van der Waals surface area contributed by atoms with Gasteiger partial charge >= 0.3 is 6.03 Å². The molecule has 2 N–H and O–H groups in total. The van der Waals surface area contributed by atoms with Crippen LogP contribution in [0.4, 0.5) is 10.5 Å². The number of aryl methyl sites for hydroxylation is 2. The molecule has 2 amide bonds. The van der Waals surface area contributed by atoms with Gasteiger partial charge in [0.15, 0.2) is 5.76 Å². The Morgan fingerprint density at radius 1 is 0.897 bits per heavy atom. The van der Waals surface area contributed by atoms with Crippen molar-refractivity contribution in [3.05, 3.63) is 77.7 Å². The highest BCUT2D eigenvalue weighted by Gasteiger charge is 2.19. The highest BCUT2D eigenvalue weighted by Crippen LogP contribution is 2.30. The van der Waals surface area contributed by atoms with E-state index in [0.717, 1.165) is 22.4 Å². The Bertz CT molecular complexity index is 1120. The van der Waals surface area contributed by atoms with Gasteiger partial charge in [-0.3, -0.25) is 0 Å². The van der Waals surface area contributed by atoms with Gasteiger partial charge in [-0.15, -0.1) is 0 Å². The molecule has 146 valence electrons. The number of nitrogens with zero attached hydrogens (tertiary/aromatic N) is 2. The Balaban J connectivity index is 1.49. The van der Waals surface area contributed by atoms with Gasteiger partial charge in [0.25, 0.3) is 0 Å². The zero-order chi connectivity index (χ0) is 20.2. The summed E-state index contributed by atoms with van der Waals surface area (Å²) in [7, 11) is 0. The molecule has 2 heterocycles. The van der Waals surface area contributed by atoms with Crippen LogP contribution in [0.2, 0.25) is 0 Å². The zero-order valence-electron chi connectivity index (χ0n) is 16.1. The first-order valence-corrected chi connectivity index (χ1v) is 9.20. The Morgan fingerprint density at radius 2 is 1.55 bits per heavy atom. The van der Waals surface area contributed by atoms with Crippen LogP contribution in [0.1, 0.15) is 17.0 Å². The highest BCUT2D eigenvalue weighted by atomic mass is 16.5. The van der Waals surface area contributed by atoms with Crippen molar-refractivity contribution < 1.29 is 13.8 Å². The molecule has 0 fully saturated rings. The second kappa shape index (κ2) is 8.02. The predicted octanol–water partition coefficient (Wildman–Crippen LogP) is 4.94. The van der Waals surface area contributed by atoms with E-state index in [1.165, 1.54) is 0 Å². The number of amides is 2. The van der Waals surface area contributed by atoms with E-state index in [1.807, 2.05) is 67.6 Å². The van der Waals surface area contributed by atoms with E-state index in [1.54, 1.807) is 6.92 Å². The monoisotopic (exact) mass is 388 g/mol. The van der Waals surface area contributed by atoms with E-state index in [-0.39, 0.29) is 12.6 Å². The smallest absolute Gasteiger partial charge is 0.319 e. The summed E-state index contributed by atoms with van der Waals surface area (Å²) in [6.07, 6.45) is 0. The van der Waals surface area contributed by atoms with Crippen LogP contribution in [0.3, 0.4) is 0 Å². The third-order valence-corrected chi connectivity index (χ3v) is 4.59. The van der Waals surface area contributed by atoms with E-state index in [4.69, 9.17) is 9.05 Å². The fraction of sp³-hybridized carbons (Fsp3) is 0.136. The molecule has 0 saturated carbocycles. The molecule has 0 aliphatic rings. The lowest BCUT2D eigenvalue weighted by atomic mass is 10.1. The Hall–Kier alpha value is -3.87. The molecule has 0 bridgehead atoms. The SMILES string of the molecule is Cc1noc(-c2ccccc2)c1NC(=O)NCc1c(-c2ccccc2)noc1C. The van der Waals surface area contributed by atoms with Gasteiger partial charge in [0, 0.05) is 16.7 Å². The number of aromatic nitrogens is 2. The van der Waals surface area contributed by atoms with Crippen molar-refractivity contribution in [2.45, 2.75) is 20.4 Å². The predicted molar refractivity (Wildman–Crippen MR) is 109 cm³/mol. The van der Waals surface area contributed by atoms with E-state index in [0.29, 0.717) is 22.9 Å². The maximum Gasteiger partial charge on any atom is 0.319 e. The largest absolute Gasteiger partial charge is 0.361 e. The molecule has 0 atom stereocenters. The van der Waals surface area contributed by atoms with Gasteiger partial charge in [0.05, 0.1) is 6.54 Å². The molecule has 4 aromatic rings. The summed E-state index contributed by atoms with van der Waals surface area (Å²) in [5.41, 5.74) is 4.46. The van der Waals surface area contributed by atoms with Gasteiger partial charge in [-0.25, -0.2) is 4.79 Å².